The predicted molar refractivity (Wildman–Crippen MR) is 70.4 cm³/mol. The van der Waals surface area contributed by atoms with E-state index in [1.54, 1.807) is 0 Å². The second kappa shape index (κ2) is 3.70. The molecule has 0 unspecified atom stereocenters. The van der Waals surface area contributed by atoms with Crippen molar-refractivity contribution < 1.29 is 14.3 Å². The van der Waals surface area contributed by atoms with Gasteiger partial charge in [-0.2, -0.15) is 0 Å². The highest BCUT2D eigenvalue weighted by atomic mass is 16.7. The second-order valence-electron chi connectivity index (χ2n) is 6.85. The third-order valence-electron chi connectivity index (χ3n) is 6.00. The van der Waals surface area contributed by atoms with E-state index in [-0.39, 0.29) is 17.3 Å². The number of fused-ring (bicyclic) bond motifs is 5. The van der Waals surface area contributed by atoms with E-state index < -0.39 is 5.79 Å². The molecule has 0 aromatic rings. The van der Waals surface area contributed by atoms with Gasteiger partial charge < -0.3 is 9.47 Å². The molecule has 0 radical (unpaired) electrons. The lowest BCUT2D eigenvalue weighted by atomic mass is 9.49. The minimum atomic E-state index is -0.429. The molecule has 0 bridgehead atoms. The van der Waals surface area contributed by atoms with Crippen molar-refractivity contribution in [3.8, 4) is 0 Å². The first-order valence-corrected chi connectivity index (χ1v) is 7.65. The minimum absolute atomic E-state index is 0.146. The summed E-state index contributed by atoms with van der Waals surface area (Å²) in [6, 6.07) is 0. The fraction of sp³-hybridized carbons (Fsp3) is 0.812. The summed E-state index contributed by atoms with van der Waals surface area (Å²) >= 11 is 0. The van der Waals surface area contributed by atoms with Crippen molar-refractivity contribution in [1.29, 1.82) is 0 Å². The first-order valence-electron chi connectivity index (χ1n) is 7.65. The number of hydrogen-bond donors (Lipinski definition) is 0. The van der Waals surface area contributed by atoms with E-state index in [9.17, 15) is 4.79 Å². The van der Waals surface area contributed by atoms with Gasteiger partial charge in [0.1, 0.15) is 0 Å². The Morgan fingerprint density at radius 1 is 1.32 bits per heavy atom. The van der Waals surface area contributed by atoms with Gasteiger partial charge in [0.2, 0.25) is 0 Å². The summed E-state index contributed by atoms with van der Waals surface area (Å²) in [6.07, 6.45) is 6.36. The van der Waals surface area contributed by atoms with Crippen LogP contribution in [0.5, 0.6) is 0 Å². The molecule has 4 rings (SSSR count). The zero-order valence-corrected chi connectivity index (χ0v) is 11.8. The molecule has 3 heteroatoms. The smallest absolute Gasteiger partial charge is 0.172 e. The molecule has 0 aromatic carbocycles. The van der Waals surface area contributed by atoms with E-state index in [0.717, 1.165) is 31.3 Å². The van der Waals surface area contributed by atoms with Crippen LogP contribution in [0.1, 0.15) is 39.5 Å². The zero-order valence-electron chi connectivity index (χ0n) is 11.8. The fourth-order valence-electron chi connectivity index (χ4n) is 5.21. The number of carbonyl (C=O) groups excluding carboxylic acids is 1. The molecule has 0 amide bonds. The Labute approximate surface area is 114 Å². The predicted octanol–water partition coefficient (Wildman–Crippen LogP) is 2.70. The third kappa shape index (κ3) is 1.28. The molecule has 1 saturated heterocycles. The number of ether oxygens (including phenoxy) is 2. The molecule has 0 aromatic heterocycles. The van der Waals surface area contributed by atoms with Gasteiger partial charge in [-0.3, -0.25) is 4.79 Å². The maximum absolute atomic E-state index is 12.6. The maximum atomic E-state index is 12.6. The largest absolute Gasteiger partial charge is 0.347 e. The van der Waals surface area contributed by atoms with E-state index >= 15 is 0 Å². The van der Waals surface area contributed by atoms with Crippen LogP contribution in [-0.4, -0.2) is 24.8 Å². The van der Waals surface area contributed by atoms with Gasteiger partial charge in [-0.1, -0.05) is 26.3 Å². The number of Topliss-reactive ketones (excluding diaryl/α,β-unsaturated/α-hetero) is 1. The van der Waals surface area contributed by atoms with E-state index in [0.29, 0.717) is 24.9 Å². The number of hydrogen-bond acceptors (Lipinski definition) is 3. The van der Waals surface area contributed by atoms with Crippen LogP contribution in [0.15, 0.2) is 11.6 Å². The van der Waals surface area contributed by atoms with Gasteiger partial charge in [0.25, 0.3) is 0 Å². The Morgan fingerprint density at radius 2 is 2.05 bits per heavy atom. The number of allylic oxidation sites excluding steroid dienone is 2. The SMILES string of the molecule is CCCC1=C[C@H]2[C@@H](C1=O)[C@@H]1C3(CC[C@@]12C)OCCO3. The fourth-order valence-corrected chi connectivity index (χ4v) is 5.21. The van der Waals surface area contributed by atoms with Crippen LogP contribution in [-0.2, 0) is 14.3 Å². The lowest BCUT2D eigenvalue weighted by molar-refractivity contribution is -0.242. The molecule has 1 spiro atoms. The van der Waals surface area contributed by atoms with Crippen molar-refractivity contribution in [1.82, 2.24) is 0 Å². The summed E-state index contributed by atoms with van der Waals surface area (Å²) in [5, 5.41) is 0. The molecule has 0 N–H and O–H groups in total. The highest BCUT2D eigenvalue weighted by Crippen LogP contribution is 2.72. The summed E-state index contributed by atoms with van der Waals surface area (Å²) in [5.41, 5.74) is 1.29. The molecular formula is C16H22O3. The van der Waals surface area contributed by atoms with E-state index in [1.807, 2.05) is 0 Å². The van der Waals surface area contributed by atoms with Crippen molar-refractivity contribution in [3.05, 3.63) is 11.6 Å². The average Bonchev–Trinajstić information content (AvgIpc) is 3.01. The molecule has 104 valence electrons. The van der Waals surface area contributed by atoms with Crippen LogP contribution in [0, 0.1) is 23.2 Å². The Morgan fingerprint density at radius 3 is 2.74 bits per heavy atom. The summed E-state index contributed by atoms with van der Waals surface area (Å²) < 4.78 is 11.9. The Balaban J connectivity index is 1.68. The minimum Gasteiger partial charge on any atom is -0.347 e. The highest BCUT2D eigenvalue weighted by Gasteiger charge is 2.74. The standard InChI is InChI=1S/C16H22O3/c1-3-4-10-9-11-12(13(10)17)14-15(11,2)5-6-16(14)18-7-8-19-16/h9,11-12,14H,3-8H2,1-2H3/t11-,12-,14-,15+/m0/s1. The highest BCUT2D eigenvalue weighted by molar-refractivity contribution is 6.01. The molecule has 2 saturated carbocycles. The number of rotatable bonds is 2. The first-order chi connectivity index (χ1) is 9.12. The molecule has 4 atom stereocenters. The molecule has 1 aliphatic heterocycles. The van der Waals surface area contributed by atoms with Crippen molar-refractivity contribution in [2.45, 2.75) is 45.3 Å². The van der Waals surface area contributed by atoms with Crippen LogP contribution in [0.2, 0.25) is 0 Å². The zero-order chi connectivity index (χ0) is 13.3. The monoisotopic (exact) mass is 262 g/mol. The molecule has 4 aliphatic rings. The summed E-state index contributed by atoms with van der Waals surface area (Å²) in [6.45, 7) is 5.85. The van der Waals surface area contributed by atoms with E-state index in [1.165, 1.54) is 0 Å². The number of ketones is 1. The topological polar surface area (TPSA) is 35.5 Å². The van der Waals surface area contributed by atoms with Gasteiger partial charge >= 0.3 is 0 Å². The summed E-state index contributed by atoms with van der Waals surface area (Å²) in [5.74, 6) is 0.826. The molecule has 3 fully saturated rings. The van der Waals surface area contributed by atoms with Gasteiger partial charge in [-0.05, 0) is 29.7 Å². The number of carbonyl (C=O) groups is 1. The lowest BCUT2D eigenvalue weighted by Gasteiger charge is -2.56. The molecule has 3 aliphatic carbocycles. The molecular weight excluding hydrogens is 240 g/mol. The van der Waals surface area contributed by atoms with Crippen molar-refractivity contribution in [2.75, 3.05) is 13.2 Å². The van der Waals surface area contributed by atoms with Crippen LogP contribution in [0.3, 0.4) is 0 Å². The van der Waals surface area contributed by atoms with Crippen molar-refractivity contribution in [2.24, 2.45) is 23.2 Å². The van der Waals surface area contributed by atoms with Gasteiger partial charge in [-0.15, -0.1) is 0 Å². The Bertz CT molecular complexity index is 461. The summed E-state index contributed by atoms with van der Waals surface area (Å²) in [4.78, 5) is 12.6. The third-order valence-corrected chi connectivity index (χ3v) is 6.00. The normalized spacial score (nSPS) is 46.1. The first kappa shape index (κ1) is 12.1. The molecule has 19 heavy (non-hydrogen) atoms. The lowest BCUT2D eigenvalue weighted by Crippen LogP contribution is -2.59. The van der Waals surface area contributed by atoms with Crippen LogP contribution < -0.4 is 0 Å². The second-order valence-corrected chi connectivity index (χ2v) is 6.85. The van der Waals surface area contributed by atoms with Crippen molar-refractivity contribution in [3.63, 3.8) is 0 Å². The van der Waals surface area contributed by atoms with Gasteiger partial charge in [0.05, 0.1) is 13.2 Å². The van der Waals surface area contributed by atoms with Gasteiger partial charge in [0.15, 0.2) is 11.6 Å². The van der Waals surface area contributed by atoms with Crippen molar-refractivity contribution >= 4 is 5.78 Å². The Kier molecular flexibility index (Phi) is 2.36. The Hall–Kier alpha value is -0.670. The van der Waals surface area contributed by atoms with Crippen LogP contribution in [0.25, 0.3) is 0 Å². The summed E-state index contributed by atoms with van der Waals surface area (Å²) in [7, 11) is 0. The molecule has 3 nitrogen and oxygen atoms in total. The van der Waals surface area contributed by atoms with Crippen LogP contribution >= 0.6 is 0 Å². The van der Waals surface area contributed by atoms with E-state index in [4.69, 9.17) is 9.47 Å². The van der Waals surface area contributed by atoms with E-state index in [2.05, 4.69) is 19.9 Å². The molecule has 1 heterocycles. The maximum Gasteiger partial charge on any atom is 0.172 e. The van der Waals surface area contributed by atoms with Gasteiger partial charge in [0, 0.05) is 18.3 Å². The quantitative estimate of drug-likeness (QED) is 0.767. The average molecular weight is 262 g/mol. The van der Waals surface area contributed by atoms with Crippen LogP contribution in [0.4, 0.5) is 0 Å². The van der Waals surface area contributed by atoms with Gasteiger partial charge in [-0.25, -0.2) is 0 Å².